The van der Waals surface area contributed by atoms with E-state index >= 15 is 0 Å². The minimum absolute atomic E-state index is 0.0791. The highest BCUT2D eigenvalue weighted by Gasteiger charge is 2.12. The van der Waals surface area contributed by atoms with Crippen LogP contribution in [0.2, 0.25) is 0 Å². The van der Waals surface area contributed by atoms with Crippen molar-refractivity contribution >= 4 is 11.7 Å². The van der Waals surface area contributed by atoms with E-state index in [0.717, 1.165) is 18.7 Å². The molecule has 0 atom stereocenters. The molecule has 0 aliphatic carbocycles. The summed E-state index contributed by atoms with van der Waals surface area (Å²) < 4.78 is 20.0. The molecule has 0 spiro atoms. The highest BCUT2D eigenvalue weighted by atomic mass is 19.1. The largest absolute Gasteiger partial charge is 0.465 e. The van der Waals surface area contributed by atoms with E-state index in [2.05, 4.69) is 22.1 Å². The Morgan fingerprint density at radius 3 is 2.95 bits per heavy atom. The number of benzene rings is 1. The number of halogens is 1. The molecule has 1 aromatic heterocycles. The molecule has 21 heavy (non-hydrogen) atoms. The van der Waals surface area contributed by atoms with Crippen molar-refractivity contribution in [3.05, 3.63) is 47.5 Å². The molecule has 1 heterocycles. The van der Waals surface area contributed by atoms with E-state index in [4.69, 9.17) is 0 Å². The molecule has 0 radical (unpaired) electrons. The number of hydrogen-bond donors (Lipinski definition) is 1. The number of ether oxygens (including phenoxy) is 1. The third-order valence-electron chi connectivity index (χ3n) is 3.09. The third kappa shape index (κ3) is 3.59. The fourth-order valence-corrected chi connectivity index (χ4v) is 2.02. The Bertz CT molecular complexity index is 625. The first kappa shape index (κ1) is 15.0. The zero-order valence-corrected chi connectivity index (χ0v) is 12.1. The van der Waals surface area contributed by atoms with Crippen LogP contribution in [0.3, 0.4) is 0 Å². The molecule has 0 fully saturated rings. The van der Waals surface area contributed by atoms with E-state index in [0.29, 0.717) is 12.2 Å². The minimum Gasteiger partial charge on any atom is -0.465 e. The third-order valence-corrected chi connectivity index (χ3v) is 3.09. The number of methoxy groups -OCH3 is 1. The van der Waals surface area contributed by atoms with Crippen LogP contribution in [0.5, 0.6) is 0 Å². The summed E-state index contributed by atoms with van der Waals surface area (Å²) in [5.41, 5.74) is 1.60. The van der Waals surface area contributed by atoms with Gasteiger partial charge in [0.1, 0.15) is 5.82 Å². The molecule has 112 valence electrons. The van der Waals surface area contributed by atoms with Crippen LogP contribution in [0.25, 0.3) is 0 Å². The maximum atomic E-state index is 13.5. The molecule has 1 N–H and O–H groups in total. The van der Waals surface area contributed by atoms with Crippen LogP contribution in [0.15, 0.2) is 30.5 Å². The molecule has 2 rings (SSSR count). The van der Waals surface area contributed by atoms with Crippen LogP contribution in [0.4, 0.5) is 10.1 Å². The fraction of sp³-hybridized carbons (Fsp3) is 0.333. The molecule has 0 amide bonds. The summed E-state index contributed by atoms with van der Waals surface area (Å²) in [7, 11) is 1.23. The van der Waals surface area contributed by atoms with Crippen molar-refractivity contribution < 1.29 is 13.9 Å². The lowest BCUT2D eigenvalue weighted by Crippen LogP contribution is -2.10. The standard InChI is InChI=1S/C15H18FN3O2/c1-3-8-19-12(6-7-18-19)10-17-11-4-5-14(16)13(9-11)15(20)21-2/h4-7,9,17H,3,8,10H2,1-2H3. The van der Waals surface area contributed by atoms with E-state index in [1.54, 1.807) is 12.3 Å². The lowest BCUT2D eigenvalue weighted by atomic mass is 10.2. The second-order valence-electron chi connectivity index (χ2n) is 4.59. The first-order valence-corrected chi connectivity index (χ1v) is 6.78. The van der Waals surface area contributed by atoms with Gasteiger partial charge in [0.2, 0.25) is 0 Å². The zero-order valence-electron chi connectivity index (χ0n) is 12.1. The summed E-state index contributed by atoms with van der Waals surface area (Å²) in [4.78, 5) is 11.5. The molecule has 0 saturated carbocycles. The first-order valence-electron chi connectivity index (χ1n) is 6.78. The molecule has 6 heteroatoms. The summed E-state index contributed by atoms with van der Waals surface area (Å²) in [5, 5.41) is 7.39. The van der Waals surface area contributed by atoms with Gasteiger partial charge in [0.05, 0.1) is 24.9 Å². The number of aromatic nitrogens is 2. The summed E-state index contributed by atoms with van der Waals surface area (Å²) in [6.07, 6.45) is 2.74. The Morgan fingerprint density at radius 2 is 2.24 bits per heavy atom. The summed E-state index contributed by atoms with van der Waals surface area (Å²) in [6.45, 7) is 3.48. The van der Waals surface area contributed by atoms with Gasteiger partial charge < -0.3 is 10.1 Å². The fourth-order valence-electron chi connectivity index (χ4n) is 2.02. The average Bonchev–Trinajstić information content (AvgIpc) is 2.93. The highest BCUT2D eigenvalue weighted by molar-refractivity contribution is 5.90. The van der Waals surface area contributed by atoms with Crippen LogP contribution < -0.4 is 5.32 Å². The maximum Gasteiger partial charge on any atom is 0.340 e. The number of nitrogens with one attached hydrogen (secondary N) is 1. The van der Waals surface area contributed by atoms with Gasteiger partial charge in [-0.25, -0.2) is 9.18 Å². The number of anilines is 1. The van der Waals surface area contributed by atoms with Gasteiger partial charge in [-0.2, -0.15) is 5.10 Å². The highest BCUT2D eigenvalue weighted by Crippen LogP contribution is 2.16. The molecule has 0 saturated heterocycles. The smallest absolute Gasteiger partial charge is 0.340 e. The Hall–Kier alpha value is -2.37. The van der Waals surface area contributed by atoms with Crippen LogP contribution in [0.1, 0.15) is 29.4 Å². The first-order chi connectivity index (χ1) is 10.2. The monoisotopic (exact) mass is 291 g/mol. The molecule has 0 unspecified atom stereocenters. The van der Waals surface area contributed by atoms with Crippen LogP contribution in [-0.2, 0) is 17.8 Å². The maximum absolute atomic E-state index is 13.5. The topological polar surface area (TPSA) is 56.2 Å². The van der Waals surface area contributed by atoms with Gasteiger partial charge in [0, 0.05) is 18.4 Å². The van der Waals surface area contributed by atoms with Crippen molar-refractivity contribution in [1.29, 1.82) is 0 Å². The van der Waals surface area contributed by atoms with Crippen LogP contribution >= 0.6 is 0 Å². The molecule has 5 nitrogen and oxygen atoms in total. The van der Waals surface area contributed by atoms with Gasteiger partial charge in [-0.1, -0.05) is 6.92 Å². The predicted octanol–water partition coefficient (Wildman–Crippen LogP) is 2.83. The molecule has 1 aromatic carbocycles. The van der Waals surface area contributed by atoms with Crippen molar-refractivity contribution in [1.82, 2.24) is 9.78 Å². The van der Waals surface area contributed by atoms with Crippen molar-refractivity contribution in [2.75, 3.05) is 12.4 Å². The molecule has 0 aliphatic rings. The van der Waals surface area contributed by atoms with Gasteiger partial charge in [0.25, 0.3) is 0 Å². The number of esters is 1. The number of carbonyl (C=O) groups is 1. The Balaban J connectivity index is 2.09. The number of hydrogen-bond acceptors (Lipinski definition) is 4. The van der Waals surface area contributed by atoms with E-state index in [-0.39, 0.29) is 5.56 Å². The summed E-state index contributed by atoms with van der Waals surface area (Å²) >= 11 is 0. The number of rotatable bonds is 6. The Morgan fingerprint density at radius 1 is 1.43 bits per heavy atom. The van der Waals surface area contributed by atoms with Crippen LogP contribution in [0, 0.1) is 5.82 Å². The van der Waals surface area contributed by atoms with Gasteiger partial charge in [-0.15, -0.1) is 0 Å². The predicted molar refractivity (Wildman–Crippen MR) is 77.6 cm³/mol. The quantitative estimate of drug-likeness (QED) is 0.831. The SMILES string of the molecule is CCCn1nccc1CNc1ccc(F)c(C(=O)OC)c1. The Labute approximate surface area is 122 Å². The van der Waals surface area contributed by atoms with E-state index < -0.39 is 11.8 Å². The molecular weight excluding hydrogens is 273 g/mol. The average molecular weight is 291 g/mol. The van der Waals surface area contributed by atoms with Crippen molar-refractivity contribution in [2.24, 2.45) is 0 Å². The molecule has 0 bridgehead atoms. The zero-order chi connectivity index (χ0) is 15.2. The van der Waals surface area contributed by atoms with Crippen molar-refractivity contribution in [3.8, 4) is 0 Å². The summed E-state index contributed by atoms with van der Waals surface area (Å²) in [5.74, 6) is -1.28. The van der Waals surface area contributed by atoms with Gasteiger partial charge in [-0.3, -0.25) is 4.68 Å². The normalized spacial score (nSPS) is 10.4. The second-order valence-corrected chi connectivity index (χ2v) is 4.59. The van der Waals surface area contributed by atoms with E-state index in [9.17, 15) is 9.18 Å². The van der Waals surface area contributed by atoms with E-state index in [1.165, 1.54) is 19.2 Å². The van der Waals surface area contributed by atoms with Gasteiger partial charge in [0.15, 0.2) is 0 Å². The molecular formula is C15H18FN3O2. The van der Waals surface area contributed by atoms with Crippen molar-refractivity contribution in [2.45, 2.75) is 26.4 Å². The van der Waals surface area contributed by atoms with E-state index in [1.807, 2.05) is 10.7 Å². The van der Waals surface area contributed by atoms with Crippen LogP contribution in [-0.4, -0.2) is 22.9 Å². The van der Waals surface area contributed by atoms with Crippen molar-refractivity contribution in [3.63, 3.8) is 0 Å². The Kier molecular flexibility index (Phi) is 4.92. The number of nitrogens with zero attached hydrogens (tertiary/aromatic N) is 2. The molecule has 2 aromatic rings. The molecule has 0 aliphatic heterocycles. The van der Waals surface area contributed by atoms with Gasteiger partial charge >= 0.3 is 5.97 Å². The number of carbonyl (C=O) groups excluding carboxylic acids is 1. The minimum atomic E-state index is -0.688. The second kappa shape index (κ2) is 6.88. The lowest BCUT2D eigenvalue weighted by molar-refractivity contribution is 0.0595. The summed E-state index contributed by atoms with van der Waals surface area (Å²) in [6, 6.07) is 6.20. The lowest BCUT2D eigenvalue weighted by Gasteiger charge is -2.10. The number of aryl methyl sites for hydroxylation is 1. The van der Waals surface area contributed by atoms with Gasteiger partial charge in [-0.05, 0) is 30.7 Å².